The number of carbonyl (C=O) groups excluding carboxylic acids is 1. The van der Waals surface area contributed by atoms with Crippen molar-refractivity contribution >= 4 is 5.78 Å². The van der Waals surface area contributed by atoms with Crippen molar-refractivity contribution in [3.8, 4) is 5.75 Å². The van der Waals surface area contributed by atoms with Crippen LogP contribution in [0.15, 0.2) is 18.2 Å². The van der Waals surface area contributed by atoms with Gasteiger partial charge in [-0.2, -0.15) is 0 Å². The lowest BCUT2D eigenvalue weighted by molar-refractivity contribution is 0.0887. The monoisotopic (exact) mass is 267 g/mol. The van der Waals surface area contributed by atoms with Crippen molar-refractivity contribution in [2.24, 2.45) is 5.92 Å². The second-order valence-corrected chi connectivity index (χ2v) is 4.49. The Balaban J connectivity index is 2.24. The third-order valence-corrected chi connectivity index (χ3v) is 3.33. The number of ketones is 1. The molecule has 0 radical (unpaired) electrons. The van der Waals surface area contributed by atoms with Gasteiger partial charge in [-0.1, -0.05) is 13.0 Å². The van der Waals surface area contributed by atoms with E-state index >= 15 is 0 Å². The molecular weight excluding hydrogens is 249 g/mol. The fourth-order valence-corrected chi connectivity index (χ4v) is 2.33. The van der Waals surface area contributed by atoms with Crippen LogP contribution in [0.3, 0.4) is 0 Å². The smallest absolute Gasteiger partial charge is 0.175 e. The highest BCUT2D eigenvalue weighted by Gasteiger charge is 2.35. The molecule has 1 N–H and O–H groups in total. The van der Waals surface area contributed by atoms with Crippen LogP contribution in [0.2, 0.25) is 0 Å². The maximum atomic E-state index is 14.1. The van der Waals surface area contributed by atoms with Crippen molar-refractivity contribution in [2.75, 3.05) is 26.9 Å². The summed E-state index contributed by atoms with van der Waals surface area (Å²) in [5.41, 5.74) is 0.0674. The van der Waals surface area contributed by atoms with E-state index in [0.29, 0.717) is 13.2 Å². The Labute approximate surface area is 111 Å². The van der Waals surface area contributed by atoms with E-state index in [4.69, 9.17) is 9.47 Å². The minimum atomic E-state index is -0.600. The number of halogens is 1. The number of methoxy groups -OCH3 is 1. The average Bonchev–Trinajstić information content (AvgIpc) is 2.87. The molecule has 2 unspecified atom stereocenters. The lowest BCUT2D eigenvalue weighted by Crippen LogP contribution is -2.39. The molecule has 0 aromatic heterocycles. The van der Waals surface area contributed by atoms with Crippen molar-refractivity contribution in [3.63, 3.8) is 0 Å². The first-order chi connectivity index (χ1) is 9.19. The number of hydrogen-bond donors (Lipinski definition) is 1. The second-order valence-electron chi connectivity index (χ2n) is 4.49. The van der Waals surface area contributed by atoms with E-state index in [0.717, 1.165) is 6.54 Å². The van der Waals surface area contributed by atoms with Crippen molar-refractivity contribution in [1.82, 2.24) is 5.32 Å². The van der Waals surface area contributed by atoms with Crippen molar-refractivity contribution in [3.05, 3.63) is 29.6 Å². The molecule has 0 spiro atoms. The first-order valence-electron chi connectivity index (χ1n) is 6.36. The van der Waals surface area contributed by atoms with Crippen LogP contribution in [-0.4, -0.2) is 38.7 Å². The minimum absolute atomic E-state index is 0.0527. The standard InChI is InChI=1S/C14H18FNO3/c1-3-16-11-8-19-7-10(11)14(17)9-5-4-6-12(18-2)13(9)15/h4-6,10-11,16H,3,7-8H2,1-2H3. The average molecular weight is 267 g/mol. The molecule has 0 aliphatic carbocycles. The zero-order valence-corrected chi connectivity index (χ0v) is 11.1. The highest BCUT2D eigenvalue weighted by Crippen LogP contribution is 2.25. The van der Waals surface area contributed by atoms with Crippen LogP contribution in [0.4, 0.5) is 4.39 Å². The molecule has 1 saturated heterocycles. The normalized spacial score (nSPS) is 22.5. The van der Waals surface area contributed by atoms with E-state index in [1.54, 1.807) is 6.07 Å². The molecule has 1 aromatic rings. The van der Waals surface area contributed by atoms with Gasteiger partial charge in [-0.15, -0.1) is 0 Å². The van der Waals surface area contributed by atoms with Gasteiger partial charge in [-0.3, -0.25) is 4.79 Å². The van der Waals surface area contributed by atoms with Crippen LogP contribution in [0.5, 0.6) is 5.75 Å². The number of Topliss-reactive ketones (excluding diaryl/α,β-unsaturated/α-hetero) is 1. The number of nitrogens with one attached hydrogen (secondary N) is 1. The molecular formula is C14H18FNO3. The Hall–Kier alpha value is -1.46. The van der Waals surface area contributed by atoms with Gasteiger partial charge in [0.2, 0.25) is 0 Å². The van der Waals surface area contributed by atoms with Crippen molar-refractivity contribution in [1.29, 1.82) is 0 Å². The Morgan fingerprint density at radius 1 is 1.53 bits per heavy atom. The number of hydrogen-bond acceptors (Lipinski definition) is 4. The van der Waals surface area contributed by atoms with Gasteiger partial charge >= 0.3 is 0 Å². The molecule has 0 bridgehead atoms. The van der Waals surface area contributed by atoms with Gasteiger partial charge in [-0.05, 0) is 18.7 Å². The summed E-state index contributed by atoms with van der Waals surface area (Å²) in [5, 5.41) is 3.19. The number of likely N-dealkylation sites (N-methyl/N-ethyl adjacent to an activating group) is 1. The minimum Gasteiger partial charge on any atom is -0.494 e. The van der Waals surface area contributed by atoms with Gasteiger partial charge in [0.1, 0.15) is 0 Å². The SMILES string of the molecule is CCNC1COCC1C(=O)c1cccc(OC)c1F. The summed E-state index contributed by atoms with van der Waals surface area (Å²) >= 11 is 0. The fraction of sp³-hybridized carbons (Fsp3) is 0.500. The summed E-state index contributed by atoms with van der Waals surface area (Å²) in [7, 11) is 1.38. The van der Waals surface area contributed by atoms with Gasteiger partial charge < -0.3 is 14.8 Å². The molecule has 1 aliphatic rings. The largest absolute Gasteiger partial charge is 0.494 e. The predicted molar refractivity (Wildman–Crippen MR) is 69.1 cm³/mol. The quantitative estimate of drug-likeness (QED) is 0.824. The van der Waals surface area contributed by atoms with Gasteiger partial charge in [0.25, 0.3) is 0 Å². The van der Waals surface area contributed by atoms with Gasteiger partial charge in [0.05, 0.1) is 31.8 Å². The summed E-state index contributed by atoms with van der Waals surface area (Å²) in [4.78, 5) is 12.4. The zero-order valence-electron chi connectivity index (χ0n) is 11.1. The molecule has 4 nitrogen and oxygen atoms in total. The third-order valence-electron chi connectivity index (χ3n) is 3.33. The van der Waals surface area contributed by atoms with Crippen LogP contribution < -0.4 is 10.1 Å². The van der Waals surface area contributed by atoms with Crippen LogP contribution in [0.25, 0.3) is 0 Å². The molecule has 0 saturated carbocycles. The Morgan fingerprint density at radius 2 is 2.32 bits per heavy atom. The Kier molecular flexibility index (Phi) is 4.50. The lowest BCUT2D eigenvalue weighted by atomic mass is 9.93. The predicted octanol–water partition coefficient (Wildman–Crippen LogP) is 1.64. The highest BCUT2D eigenvalue weighted by molar-refractivity contribution is 5.99. The number of rotatable bonds is 5. The summed E-state index contributed by atoms with van der Waals surface area (Å²) in [6, 6.07) is 4.55. The molecule has 2 atom stereocenters. The fourth-order valence-electron chi connectivity index (χ4n) is 2.33. The summed E-state index contributed by atoms with van der Waals surface area (Å²) in [6.07, 6.45) is 0. The van der Waals surface area contributed by atoms with E-state index in [-0.39, 0.29) is 29.1 Å². The topological polar surface area (TPSA) is 47.6 Å². The van der Waals surface area contributed by atoms with Crippen LogP contribution in [-0.2, 0) is 4.74 Å². The van der Waals surface area contributed by atoms with Gasteiger partial charge in [0, 0.05) is 6.04 Å². The van der Waals surface area contributed by atoms with Crippen LogP contribution in [0, 0.1) is 11.7 Å². The number of carbonyl (C=O) groups is 1. The summed E-state index contributed by atoms with van der Waals surface area (Å²) in [5.74, 6) is -1.09. The van der Waals surface area contributed by atoms with E-state index in [1.165, 1.54) is 19.2 Å². The molecule has 2 rings (SSSR count). The molecule has 0 amide bonds. The third kappa shape index (κ3) is 2.77. The first kappa shape index (κ1) is 14.0. The van der Waals surface area contributed by atoms with Gasteiger partial charge in [-0.25, -0.2) is 4.39 Å². The Morgan fingerprint density at radius 3 is 3.00 bits per heavy atom. The Bertz CT molecular complexity index is 464. The molecule has 1 fully saturated rings. The van der Waals surface area contributed by atoms with E-state index in [2.05, 4.69) is 5.32 Å². The number of ether oxygens (including phenoxy) is 2. The summed E-state index contributed by atoms with van der Waals surface area (Å²) < 4.78 is 24.3. The zero-order chi connectivity index (χ0) is 13.8. The summed E-state index contributed by atoms with van der Waals surface area (Å²) in [6.45, 7) is 3.52. The van der Waals surface area contributed by atoms with Crippen molar-refractivity contribution < 1.29 is 18.7 Å². The lowest BCUT2D eigenvalue weighted by Gasteiger charge is -2.17. The molecule has 19 heavy (non-hydrogen) atoms. The molecule has 1 aliphatic heterocycles. The second kappa shape index (κ2) is 6.12. The number of benzene rings is 1. The maximum absolute atomic E-state index is 14.1. The molecule has 104 valence electrons. The molecule has 1 heterocycles. The van der Waals surface area contributed by atoms with Gasteiger partial charge in [0.15, 0.2) is 17.3 Å². The molecule has 5 heteroatoms. The van der Waals surface area contributed by atoms with Crippen LogP contribution in [0.1, 0.15) is 17.3 Å². The molecule has 1 aromatic carbocycles. The highest BCUT2D eigenvalue weighted by atomic mass is 19.1. The van der Waals surface area contributed by atoms with E-state index < -0.39 is 5.82 Å². The van der Waals surface area contributed by atoms with Crippen molar-refractivity contribution in [2.45, 2.75) is 13.0 Å². The van der Waals surface area contributed by atoms with E-state index in [9.17, 15) is 9.18 Å². The van der Waals surface area contributed by atoms with Crippen LogP contribution >= 0.6 is 0 Å². The van der Waals surface area contributed by atoms with E-state index in [1.807, 2.05) is 6.92 Å². The first-order valence-corrected chi connectivity index (χ1v) is 6.36. The maximum Gasteiger partial charge on any atom is 0.175 e.